The minimum atomic E-state index is -1.26. The number of piperidine rings is 1. The Hall–Kier alpha value is -1.90. The molecule has 2 fully saturated rings. The van der Waals surface area contributed by atoms with Gasteiger partial charge in [0.15, 0.2) is 11.7 Å². The van der Waals surface area contributed by atoms with Crippen LogP contribution in [-0.4, -0.2) is 42.1 Å². The van der Waals surface area contributed by atoms with Crippen LogP contribution in [0.15, 0.2) is 0 Å². The van der Waals surface area contributed by atoms with Crippen LogP contribution in [0.2, 0.25) is 0 Å². The minimum absolute atomic E-state index is 0.126. The summed E-state index contributed by atoms with van der Waals surface area (Å²) in [6, 6.07) is 1.82. The quantitative estimate of drug-likeness (QED) is 0.737. The van der Waals surface area contributed by atoms with E-state index in [0.29, 0.717) is 26.1 Å². The maximum Gasteiger partial charge on any atom is 0.245 e. The van der Waals surface area contributed by atoms with Gasteiger partial charge in [0.2, 0.25) is 11.8 Å². The van der Waals surface area contributed by atoms with E-state index in [1.807, 2.05) is 13.0 Å². The molecule has 0 spiro atoms. The number of amides is 2. The van der Waals surface area contributed by atoms with Gasteiger partial charge in [-0.1, -0.05) is 6.92 Å². The third-order valence-electron chi connectivity index (χ3n) is 4.29. The number of nitrogens with one attached hydrogen (secondary N) is 1. The van der Waals surface area contributed by atoms with Crippen molar-refractivity contribution in [2.75, 3.05) is 19.6 Å². The first-order valence-electron chi connectivity index (χ1n) is 8.08. The predicted molar refractivity (Wildman–Crippen MR) is 79.4 cm³/mol. The highest BCUT2D eigenvalue weighted by Crippen LogP contribution is 2.33. The number of nitriles is 1. The summed E-state index contributed by atoms with van der Waals surface area (Å²) in [5, 5.41) is 11.8. The monoisotopic (exact) mass is 305 g/mol. The van der Waals surface area contributed by atoms with Gasteiger partial charge in [0.1, 0.15) is 0 Å². The maximum atomic E-state index is 12.5. The Labute approximate surface area is 130 Å². The van der Waals surface area contributed by atoms with Gasteiger partial charge in [-0.25, -0.2) is 0 Å². The first-order chi connectivity index (χ1) is 10.6. The summed E-state index contributed by atoms with van der Waals surface area (Å²) < 4.78 is 0. The third kappa shape index (κ3) is 3.85. The lowest BCUT2D eigenvalue weighted by Crippen LogP contribution is -2.46. The van der Waals surface area contributed by atoms with Crippen molar-refractivity contribution in [3.05, 3.63) is 0 Å². The number of likely N-dealkylation sites (tertiary alicyclic amines) is 1. The molecular weight excluding hydrogens is 282 g/mol. The molecule has 22 heavy (non-hydrogen) atoms. The number of carbonyl (C=O) groups is 3. The second kappa shape index (κ2) is 7.39. The van der Waals surface area contributed by atoms with Gasteiger partial charge in [-0.15, -0.1) is 0 Å². The fraction of sp³-hybridized carbons (Fsp3) is 0.750. The third-order valence-corrected chi connectivity index (χ3v) is 4.29. The van der Waals surface area contributed by atoms with Gasteiger partial charge >= 0.3 is 0 Å². The lowest BCUT2D eigenvalue weighted by molar-refractivity contribution is -0.138. The zero-order valence-corrected chi connectivity index (χ0v) is 13.0. The summed E-state index contributed by atoms with van der Waals surface area (Å²) in [5.41, 5.74) is 0. The van der Waals surface area contributed by atoms with Crippen molar-refractivity contribution in [1.29, 1.82) is 5.26 Å². The van der Waals surface area contributed by atoms with E-state index in [4.69, 9.17) is 5.26 Å². The van der Waals surface area contributed by atoms with Crippen LogP contribution in [0.1, 0.15) is 39.0 Å². The highest BCUT2D eigenvalue weighted by Gasteiger charge is 2.39. The Balaban J connectivity index is 1.96. The molecule has 2 aliphatic rings. The number of Topliss-reactive ketones (excluding diaryl/α,β-unsaturated/α-hetero) is 1. The molecule has 0 aromatic carbocycles. The highest BCUT2D eigenvalue weighted by atomic mass is 16.2. The molecule has 1 aliphatic heterocycles. The van der Waals surface area contributed by atoms with Gasteiger partial charge in [-0.3, -0.25) is 14.4 Å². The molecule has 2 unspecified atom stereocenters. The fourth-order valence-corrected chi connectivity index (χ4v) is 2.84. The second-order valence-electron chi connectivity index (χ2n) is 6.15. The molecule has 2 amide bonds. The van der Waals surface area contributed by atoms with Crippen molar-refractivity contribution < 1.29 is 14.4 Å². The van der Waals surface area contributed by atoms with E-state index >= 15 is 0 Å². The minimum Gasteiger partial charge on any atom is -0.355 e. The molecule has 6 heteroatoms. The van der Waals surface area contributed by atoms with Crippen molar-refractivity contribution in [3.63, 3.8) is 0 Å². The van der Waals surface area contributed by atoms with Gasteiger partial charge in [0, 0.05) is 31.5 Å². The molecule has 1 saturated carbocycles. The predicted octanol–water partition coefficient (Wildman–Crippen LogP) is 0.870. The number of ketones is 1. The van der Waals surface area contributed by atoms with E-state index in [9.17, 15) is 14.4 Å². The summed E-state index contributed by atoms with van der Waals surface area (Å²) in [6.07, 6.45) is 4.03. The van der Waals surface area contributed by atoms with Gasteiger partial charge in [-0.05, 0) is 32.1 Å². The van der Waals surface area contributed by atoms with Crippen molar-refractivity contribution >= 4 is 17.6 Å². The summed E-state index contributed by atoms with van der Waals surface area (Å²) in [6.45, 7) is 3.40. The Morgan fingerprint density at radius 1 is 1.27 bits per heavy atom. The van der Waals surface area contributed by atoms with Crippen molar-refractivity contribution in [3.8, 4) is 6.07 Å². The number of nitrogens with zero attached hydrogens (tertiary/aromatic N) is 2. The Bertz CT molecular complexity index is 493. The van der Waals surface area contributed by atoms with E-state index in [0.717, 1.165) is 25.7 Å². The SMILES string of the molecule is CCCNC(=O)C(C#N)C(=O)C1CCCN(C(=O)C2CC2)C1. The van der Waals surface area contributed by atoms with E-state index in [-0.39, 0.29) is 17.6 Å². The molecule has 1 N–H and O–H groups in total. The Morgan fingerprint density at radius 2 is 2.00 bits per heavy atom. The summed E-state index contributed by atoms with van der Waals surface area (Å²) in [4.78, 5) is 38.2. The van der Waals surface area contributed by atoms with Crippen LogP contribution in [0, 0.1) is 29.1 Å². The van der Waals surface area contributed by atoms with Gasteiger partial charge < -0.3 is 10.2 Å². The van der Waals surface area contributed by atoms with Crippen molar-refractivity contribution in [1.82, 2.24) is 10.2 Å². The standard InChI is InChI=1S/C16H23N3O3/c1-2-7-18-15(21)13(9-17)14(20)12-4-3-8-19(10-12)16(22)11-5-6-11/h11-13H,2-8,10H2,1H3,(H,18,21). The second-order valence-corrected chi connectivity index (χ2v) is 6.15. The zero-order chi connectivity index (χ0) is 16.1. The van der Waals surface area contributed by atoms with Gasteiger partial charge in [0.25, 0.3) is 0 Å². The van der Waals surface area contributed by atoms with Gasteiger partial charge in [-0.2, -0.15) is 5.26 Å². The van der Waals surface area contributed by atoms with Gasteiger partial charge in [0.05, 0.1) is 6.07 Å². The lowest BCUT2D eigenvalue weighted by Gasteiger charge is -2.32. The van der Waals surface area contributed by atoms with E-state index in [1.165, 1.54) is 0 Å². The van der Waals surface area contributed by atoms with E-state index in [1.54, 1.807) is 4.90 Å². The zero-order valence-electron chi connectivity index (χ0n) is 13.0. The van der Waals surface area contributed by atoms with Crippen LogP contribution in [0.3, 0.4) is 0 Å². The van der Waals surface area contributed by atoms with Crippen LogP contribution in [0.5, 0.6) is 0 Å². The number of carbonyl (C=O) groups excluding carboxylic acids is 3. The summed E-state index contributed by atoms with van der Waals surface area (Å²) >= 11 is 0. The fourth-order valence-electron chi connectivity index (χ4n) is 2.84. The summed E-state index contributed by atoms with van der Waals surface area (Å²) in [5.74, 6) is -2.25. The Kier molecular flexibility index (Phi) is 5.53. The average Bonchev–Trinajstić information content (AvgIpc) is 3.37. The first-order valence-corrected chi connectivity index (χ1v) is 8.08. The molecule has 6 nitrogen and oxygen atoms in total. The number of hydrogen-bond donors (Lipinski definition) is 1. The van der Waals surface area contributed by atoms with Crippen LogP contribution < -0.4 is 5.32 Å². The Morgan fingerprint density at radius 3 is 2.59 bits per heavy atom. The van der Waals surface area contributed by atoms with E-state index in [2.05, 4.69) is 5.32 Å². The maximum absolute atomic E-state index is 12.5. The topological polar surface area (TPSA) is 90.3 Å². The first kappa shape index (κ1) is 16.5. The lowest BCUT2D eigenvalue weighted by atomic mass is 9.86. The van der Waals surface area contributed by atoms with Crippen LogP contribution >= 0.6 is 0 Å². The molecule has 1 saturated heterocycles. The highest BCUT2D eigenvalue weighted by molar-refractivity contribution is 6.05. The molecule has 2 atom stereocenters. The molecule has 1 aliphatic carbocycles. The average molecular weight is 305 g/mol. The van der Waals surface area contributed by atoms with Crippen molar-refractivity contribution in [2.24, 2.45) is 17.8 Å². The molecule has 0 aromatic heterocycles. The molecule has 1 heterocycles. The smallest absolute Gasteiger partial charge is 0.245 e. The number of rotatable bonds is 6. The molecule has 120 valence electrons. The van der Waals surface area contributed by atoms with E-state index < -0.39 is 17.7 Å². The van der Waals surface area contributed by atoms with Crippen LogP contribution in [0.25, 0.3) is 0 Å². The molecular formula is C16H23N3O3. The summed E-state index contributed by atoms with van der Waals surface area (Å²) in [7, 11) is 0. The van der Waals surface area contributed by atoms with Crippen molar-refractivity contribution in [2.45, 2.75) is 39.0 Å². The normalized spacial score (nSPS) is 22.5. The number of hydrogen-bond acceptors (Lipinski definition) is 4. The van der Waals surface area contributed by atoms with Crippen LogP contribution in [0.4, 0.5) is 0 Å². The molecule has 0 aromatic rings. The molecule has 0 radical (unpaired) electrons. The molecule has 2 rings (SSSR count). The largest absolute Gasteiger partial charge is 0.355 e. The van der Waals surface area contributed by atoms with Crippen LogP contribution in [-0.2, 0) is 14.4 Å². The molecule has 0 bridgehead atoms.